The number of carbonyl (C=O) groups excluding carboxylic acids is 1. The summed E-state index contributed by atoms with van der Waals surface area (Å²) in [6.07, 6.45) is 3.33. The zero-order valence-corrected chi connectivity index (χ0v) is 24.4. The third-order valence-electron chi connectivity index (χ3n) is 6.94. The summed E-state index contributed by atoms with van der Waals surface area (Å²) in [7, 11) is 1.54. The maximum atomic E-state index is 13.4. The number of hydrogen-bond acceptors (Lipinski definition) is 8. The molecule has 1 atom stereocenters. The Morgan fingerprint density at radius 2 is 1.93 bits per heavy atom. The number of rotatable bonds is 7. The van der Waals surface area contributed by atoms with Crippen LogP contribution in [0.25, 0.3) is 16.9 Å². The summed E-state index contributed by atoms with van der Waals surface area (Å²) >= 11 is 6.43. The number of halogens is 2. The van der Waals surface area contributed by atoms with Crippen molar-refractivity contribution in [3.05, 3.63) is 59.0 Å². The van der Waals surface area contributed by atoms with Crippen molar-refractivity contribution in [1.29, 1.82) is 0 Å². The number of methoxy groups -OCH3 is 1. The summed E-state index contributed by atoms with van der Waals surface area (Å²) in [5.74, 6) is 0.00455. The average Bonchev–Trinajstić information content (AvgIpc) is 3.51. The van der Waals surface area contributed by atoms with Crippen molar-refractivity contribution in [1.82, 2.24) is 34.3 Å². The first-order valence-corrected chi connectivity index (χ1v) is 13.8. The van der Waals surface area contributed by atoms with E-state index in [1.54, 1.807) is 21.6 Å². The van der Waals surface area contributed by atoms with Gasteiger partial charge in [-0.05, 0) is 58.7 Å². The minimum Gasteiger partial charge on any atom is -0.475 e. The molecule has 11 nitrogen and oxygen atoms in total. The molecule has 4 aromatic rings. The molecule has 1 amide bonds. The molecular weight excluding hydrogens is 553 g/mol. The Bertz CT molecular complexity index is 1520. The summed E-state index contributed by atoms with van der Waals surface area (Å²) in [4.78, 5) is 22.7. The van der Waals surface area contributed by atoms with Gasteiger partial charge in [0, 0.05) is 31.8 Å². The van der Waals surface area contributed by atoms with Gasteiger partial charge in [-0.2, -0.15) is 0 Å². The summed E-state index contributed by atoms with van der Waals surface area (Å²) < 4.78 is 34.2. The second-order valence-corrected chi connectivity index (χ2v) is 11.3. The SMILES string of the molecule is COC(COc1cc(-c2nnn(C3CCN(C(=O)OC(C)(C)C)CC3)c2C)cc2ncc(Cl)n12)c1ccc(F)cn1. The number of pyridine rings is 2. The van der Waals surface area contributed by atoms with E-state index in [0.717, 1.165) is 30.3 Å². The number of hydrogen-bond donors (Lipinski definition) is 0. The standard InChI is InChI=1S/C28H33ClFN7O4/c1-17-26(33-34-37(17)20-8-10-35(11-9-20)27(38)41-28(2,3)4)18-12-24-32-15-23(29)36(24)25(13-18)40-16-22(39-5)21-7-6-19(30)14-31-21/h6-7,12-15,20,22H,8-11,16H2,1-5H3. The van der Waals surface area contributed by atoms with E-state index in [4.69, 9.17) is 25.8 Å². The highest BCUT2D eigenvalue weighted by atomic mass is 35.5. The van der Waals surface area contributed by atoms with Crippen LogP contribution in [-0.4, -0.2) is 72.8 Å². The molecule has 1 aliphatic heterocycles. The molecule has 0 aromatic carbocycles. The minimum absolute atomic E-state index is 0.0981. The quantitative estimate of drug-likeness (QED) is 0.282. The number of nitrogens with zero attached hydrogens (tertiary/aromatic N) is 7. The van der Waals surface area contributed by atoms with Crippen molar-refractivity contribution in [3.8, 4) is 17.1 Å². The smallest absolute Gasteiger partial charge is 0.410 e. The fraction of sp³-hybridized carbons (Fsp3) is 0.464. The topological polar surface area (TPSA) is 109 Å². The van der Waals surface area contributed by atoms with Gasteiger partial charge in [0.25, 0.3) is 0 Å². The molecule has 13 heteroatoms. The van der Waals surface area contributed by atoms with Gasteiger partial charge in [-0.25, -0.2) is 18.9 Å². The van der Waals surface area contributed by atoms with Crippen molar-refractivity contribution in [3.63, 3.8) is 0 Å². The molecule has 5 rings (SSSR count). The Hall–Kier alpha value is -3.77. The Morgan fingerprint density at radius 1 is 1.17 bits per heavy atom. The van der Waals surface area contributed by atoms with Crippen LogP contribution in [-0.2, 0) is 9.47 Å². The summed E-state index contributed by atoms with van der Waals surface area (Å²) in [5, 5.41) is 9.35. The van der Waals surface area contributed by atoms with Crippen molar-refractivity contribution in [2.45, 2.75) is 58.3 Å². The molecular formula is C28H33ClFN7O4. The van der Waals surface area contributed by atoms with Gasteiger partial charge in [0.05, 0.1) is 29.8 Å². The fourth-order valence-electron chi connectivity index (χ4n) is 4.87. The third-order valence-corrected chi connectivity index (χ3v) is 7.21. The van der Waals surface area contributed by atoms with Gasteiger partial charge < -0.3 is 19.1 Å². The summed E-state index contributed by atoms with van der Waals surface area (Å²) in [6.45, 7) is 8.82. The number of aromatic nitrogens is 6. The Kier molecular flexibility index (Phi) is 8.14. The zero-order chi connectivity index (χ0) is 29.3. The maximum Gasteiger partial charge on any atom is 0.410 e. The van der Waals surface area contributed by atoms with Crippen molar-refractivity contribution in [2.24, 2.45) is 0 Å². The summed E-state index contributed by atoms with van der Waals surface area (Å²) in [5.41, 5.74) is 2.92. The number of piperidine rings is 1. The predicted octanol–water partition coefficient (Wildman–Crippen LogP) is 5.43. The van der Waals surface area contributed by atoms with Gasteiger partial charge in [0.2, 0.25) is 5.88 Å². The number of amides is 1. The lowest BCUT2D eigenvalue weighted by atomic mass is 10.0. The molecule has 1 fully saturated rings. The zero-order valence-electron chi connectivity index (χ0n) is 23.7. The Morgan fingerprint density at radius 3 is 2.59 bits per heavy atom. The molecule has 0 N–H and O–H groups in total. The molecule has 1 saturated heterocycles. The maximum absolute atomic E-state index is 13.4. The van der Waals surface area contributed by atoms with Gasteiger partial charge in [-0.15, -0.1) is 5.10 Å². The molecule has 0 aliphatic carbocycles. The van der Waals surface area contributed by atoms with Crippen molar-refractivity contribution >= 4 is 23.3 Å². The fourth-order valence-corrected chi connectivity index (χ4v) is 5.09. The van der Waals surface area contributed by atoms with Crippen LogP contribution in [0.1, 0.15) is 57.1 Å². The minimum atomic E-state index is -0.536. The first-order valence-electron chi connectivity index (χ1n) is 13.4. The van der Waals surface area contributed by atoms with Crippen LogP contribution < -0.4 is 4.74 Å². The first-order chi connectivity index (χ1) is 19.5. The van der Waals surface area contributed by atoms with E-state index < -0.39 is 17.5 Å². The molecule has 218 valence electrons. The van der Waals surface area contributed by atoms with Crippen molar-refractivity contribution in [2.75, 3.05) is 26.8 Å². The van der Waals surface area contributed by atoms with Crippen LogP contribution in [0.15, 0.2) is 36.7 Å². The van der Waals surface area contributed by atoms with Gasteiger partial charge in [0.15, 0.2) is 0 Å². The molecule has 0 spiro atoms. The number of imidazole rings is 1. The molecule has 4 aromatic heterocycles. The van der Waals surface area contributed by atoms with Gasteiger partial charge >= 0.3 is 6.09 Å². The van der Waals surface area contributed by atoms with Crippen LogP contribution >= 0.6 is 11.6 Å². The number of fused-ring (bicyclic) bond motifs is 1. The second kappa shape index (κ2) is 11.6. The van der Waals surface area contributed by atoms with E-state index in [-0.39, 0.29) is 18.7 Å². The molecule has 0 radical (unpaired) electrons. The first kappa shape index (κ1) is 28.7. The lowest BCUT2D eigenvalue weighted by molar-refractivity contribution is 0.0183. The van der Waals surface area contributed by atoms with Gasteiger partial charge in [0.1, 0.15) is 40.6 Å². The number of ether oxygens (including phenoxy) is 3. The van der Waals surface area contributed by atoms with E-state index in [2.05, 4.69) is 20.3 Å². The van der Waals surface area contributed by atoms with Crippen LogP contribution in [0.2, 0.25) is 5.15 Å². The van der Waals surface area contributed by atoms with E-state index >= 15 is 0 Å². The number of likely N-dealkylation sites (tertiary alicyclic amines) is 1. The molecule has 41 heavy (non-hydrogen) atoms. The highest BCUT2D eigenvalue weighted by molar-refractivity contribution is 6.29. The van der Waals surface area contributed by atoms with Crippen LogP contribution in [0.4, 0.5) is 9.18 Å². The van der Waals surface area contributed by atoms with Gasteiger partial charge in [-0.3, -0.25) is 9.38 Å². The lowest BCUT2D eigenvalue weighted by Gasteiger charge is -2.33. The molecule has 5 heterocycles. The largest absolute Gasteiger partial charge is 0.475 e. The van der Waals surface area contributed by atoms with E-state index in [1.165, 1.54) is 13.2 Å². The van der Waals surface area contributed by atoms with Gasteiger partial charge in [-0.1, -0.05) is 16.8 Å². The summed E-state index contributed by atoms with van der Waals surface area (Å²) in [6, 6.07) is 6.69. The monoisotopic (exact) mass is 585 g/mol. The molecule has 0 bridgehead atoms. The molecule has 0 saturated carbocycles. The van der Waals surface area contributed by atoms with E-state index in [9.17, 15) is 9.18 Å². The molecule has 1 aliphatic rings. The van der Waals surface area contributed by atoms with Crippen LogP contribution in [0.3, 0.4) is 0 Å². The normalized spacial score (nSPS) is 15.3. The number of carbonyl (C=O) groups is 1. The predicted molar refractivity (Wildman–Crippen MR) is 149 cm³/mol. The Balaban J connectivity index is 1.35. The average molecular weight is 586 g/mol. The second-order valence-electron chi connectivity index (χ2n) is 11.0. The Labute approximate surface area is 242 Å². The van der Waals surface area contributed by atoms with Crippen molar-refractivity contribution < 1.29 is 23.4 Å². The third kappa shape index (κ3) is 6.28. The van der Waals surface area contributed by atoms with E-state index in [1.807, 2.05) is 44.5 Å². The molecule has 1 unspecified atom stereocenters. The van der Waals surface area contributed by atoms with Crippen LogP contribution in [0.5, 0.6) is 5.88 Å². The highest BCUT2D eigenvalue weighted by Gasteiger charge is 2.29. The van der Waals surface area contributed by atoms with E-state index in [0.29, 0.717) is 41.2 Å². The lowest BCUT2D eigenvalue weighted by Crippen LogP contribution is -2.42. The highest BCUT2D eigenvalue weighted by Crippen LogP contribution is 2.32. The van der Waals surface area contributed by atoms with Crippen LogP contribution in [0, 0.1) is 12.7 Å².